The normalized spacial score (nSPS) is 9.95. The van der Waals surface area contributed by atoms with Crippen molar-refractivity contribution in [2.75, 3.05) is 0 Å². The number of halogens is 1. The zero-order valence-electron chi connectivity index (χ0n) is 13.7. The summed E-state index contributed by atoms with van der Waals surface area (Å²) >= 11 is 6.01. The number of hydrogen-bond donors (Lipinski definition) is 0. The van der Waals surface area contributed by atoms with Crippen LogP contribution in [0.25, 0.3) is 0 Å². The summed E-state index contributed by atoms with van der Waals surface area (Å²) in [4.78, 5) is 0. The van der Waals surface area contributed by atoms with Gasteiger partial charge in [-0.2, -0.15) is 0 Å². The van der Waals surface area contributed by atoms with Gasteiger partial charge in [0.05, 0.1) is 0 Å². The predicted octanol–water partition coefficient (Wildman–Crippen LogP) is 6.28. The highest BCUT2D eigenvalue weighted by Crippen LogP contribution is 2.18. The third-order valence-corrected chi connectivity index (χ3v) is 4.10. The second kappa shape index (κ2) is 9.63. The minimum Gasteiger partial charge on any atom is -0.0840 e. The van der Waals surface area contributed by atoms with Gasteiger partial charge >= 0.3 is 0 Å². The Morgan fingerprint density at radius 1 is 0.619 bits per heavy atom. The molecule has 2 aromatic rings. The van der Waals surface area contributed by atoms with Crippen molar-refractivity contribution in [3.05, 3.63) is 69.7 Å². The molecule has 2 rings (SSSR count). The molecule has 1 heteroatoms. The van der Waals surface area contributed by atoms with E-state index in [1.54, 1.807) is 0 Å². The van der Waals surface area contributed by atoms with Crippen molar-refractivity contribution in [1.29, 1.82) is 0 Å². The highest BCUT2D eigenvalue weighted by atomic mass is 35.5. The molecule has 0 amide bonds. The summed E-state index contributed by atoms with van der Waals surface area (Å²) < 4.78 is 0. The zero-order valence-corrected chi connectivity index (χ0v) is 14.5. The lowest BCUT2D eigenvalue weighted by Crippen LogP contribution is -1.85. The lowest BCUT2D eigenvalue weighted by Gasteiger charge is -2.02. The summed E-state index contributed by atoms with van der Waals surface area (Å²) in [5.41, 5.74) is 5.41. The Labute approximate surface area is 135 Å². The summed E-state index contributed by atoms with van der Waals surface area (Å²) in [7, 11) is 0. The molecule has 0 heterocycles. The lowest BCUT2D eigenvalue weighted by molar-refractivity contribution is 1.10. The third-order valence-electron chi connectivity index (χ3n) is 3.75. The van der Waals surface area contributed by atoms with E-state index < -0.39 is 0 Å². The van der Waals surface area contributed by atoms with E-state index in [2.05, 4.69) is 70.2 Å². The van der Waals surface area contributed by atoms with Crippen LogP contribution in [0.4, 0.5) is 0 Å². The first-order chi connectivity index (χ1) is 10.1. The quantitative estimate of drug-likeness (QED) is 0.624. The molecule has 0 nitrogen and oxygen atoms in total. The maximum Gasteiger partial charge on any atom is 0.0440 e. The maximum atomic E-state index is 6.01. The van der Waals surface area contributed by atoms with Crippen molar-refractivity contribution in [2.45, 2.75) is 53.4 Å². The number of benzene rings is 2. The number of aryl methyl sites for hydroxylation is 4. The average Bonchev–Trinajstić information content (AvgIpc) is 2.55. The molecule has 0 saturated carbocycles. The molecule has 0 fully saturated rings. The molecule has 21 heavy (non-hydrogen) atoms. The van der Waals surface area contributed by atoms with Crippen LogP contribution >= 0.6 is 11.6 Å². The first kappa shape index (κ1) is 17.8. The van der Waals surface area contributed by atoms with Gasteiger partial charge in [-0.3, -0.25) is 0 Å². The van der Waals surface area contributed by atoms with Crippen molar-refractivity contribution >= 4 is 11.6 Å². The zero-order chi connectivity index (χ0) is 15.7. The van der Waals surface area contributed by atoms with Crippen molar-refractivity contribution in [1.82, 2.24) is 0 Å². The monoisotopic (exact) mass is 302 g/mol. The first-order valence-electron chi connectivity index (χ1n) is 7.99. The maximum absolute atomic E-state index is 6.01. The van der Waals surface area contributed by atoms with Gasteiger partial charge in [0.25, 0.3) is 0 Å². The van der Waals surface area contributed by atoms with Gasteiger partial charge in [-0.25, -0.2) is 0 Å². The summed E-state index contributed by atoms with van der Waals surface area (Å²) in [6, 6.07) is 15.1. The number of rotatable bonds is 4. The second-order valence-corrected chi connectivity index (χ2v) is 5.56. The van der Waals surface area contributed by atoms with Crippen molar-refractivity contribution in [3.63, 3.8) is 0 Å². The van der Waals surface area contributed by atoms with Gasteiger partial charge < -0.3 is 0 Å². The van der Waals surface area contributed by atoms with Crippen LogP contribution in [0.5, 0.6) is 0 Å². The van der Waals surface area contributed by atoms with E-state index >= 15 is 0 Å². The van der Waals surface area contributed by atoms with E-state index in [0.29, 0.717) is 0 Å². The van der Waals surface area contributed by atoms with Gasteiger partial charge in [0, 0.05) is 5.02 Å². The molecule has 0 aliphatic rings. The van der Waals surface area contributed by atoms with Crippen molar-refractivity contribution in [3.8, 4) is 0 Å². The van der Waals surface area contributed by atoms with Crippen LogP contribution in [0.1, 0.15) is 49.9 Å². The van der Waals surface area contributed by atoms with E-state index in [1.165, 1.54) is 22.3 Å². The second-order valence-electron chi connectivity index (χ2n) is 5.16. The minimum atomic E-state index is 0.909. The van der Waals surface area contributed by atoms with Gasteiger partial charge in [0.1, 0.15) is 0 Å². The van der Waals surface area contributed by atoms with E-state index in [-0.39, 0.29) is 0 Å². The molecular formula is C20H27Cl. The molecule has 0 aromatic heterocycles. The molecule has 0 bridgehead atoms. The van der Waals surface area contributed by atoms with Gasteiger partial charge in [0.2, 0.25) is 0 Å². The highest BCUT2D eigenvalue weighted by molar-refractivity contribution is 6.31. The molecule has 0 spiro atoms. The smallest absolute Gasteiger partial charge is 0.0440 e. The van der Waals surface area contributed by atoms with Crippen LogP contribution in [-0.4, -0.2) is 0 Å². The van der Waals surface area contributed by atoms with Crippen LogP contribution in [0, 0.1) is 0 Å². The van der Waals surface area contributed by atoms with Crippen LogP contribution in [0.15, 0.2) is 42.5 Å². The molecule has 114 valence electrons. The summed E-state index contributed by atoms with van der Waals surface area (Å²) in [5, 5.41) is 0.909. The first-order valence-corrected chi connectivity index (χ1v) is 8.37. The van der Waals surface area contributed by atoms with Crippen LogP contribution in [-0.2, 0) is 25.7 Å². The fourth-order valence-corrected chi connectivity index (χ4v) is 2.44. The summed E-state index contributed by atoms with van der Waals surface area (Å²) in [6.45, 7) is 8.62. The van der Waals surface area contributed by atoms with Gasteiger partial charge in [0.15, 0.2) is 0 Å². The van der Waals surface area contributed by atoms with Crippen LogP contribution in [0.2, 0.25) is 5.02 Å². The van der Waals surface area contributed by atoms with Gasteiger partial charge in [-0.05, 0) is 54.0 Å². The minimum absolute atomic E-state index is 0.909. The molecule has 0 aliphatic heterocycles. The highest BCUT2D eigenvalue weighted by Gasteiger charge is 1.97. The average molecular weight is 303 g/mol. The van der Waals surface area contributed by atoms with Gasteiger partial charge in [-0.1, -0.05) is 75.7 Å². The Morgan fingerprint density at radius 2 is 1.05 bits per heavy atom. The molecule has 0 saturated heterocycles. The Balaban J connectivity index is 0.000000211. The largest absolute Gasteiger partial charge is 0.0840 e. The molecule has 2 aromatic carbocycles. The fourth-order valence-electron chi connectivity index (χ4n) is 2.11. The Kier molecular flexibility index (Phi) is 8.15. The Hall–Kier alpha value is -1.27. The predicted molar refractivity (Wildman–Crippen MR) is 95.4 cm³/mol. The topological polar surface area (TPSA) is 0 Å². The third kappa shape index (κ3) is 5.93. The fraction of sp³-hybridized carbons (Fsp3) is 0.400. The van der Waals surface area contributed by atoms with E-state index in [9.17, 15) is 0 Å². The SMILES string of the molecule is CCc1ccc(CC)c(Cl)c1.CCc1ccc(CC)cc1. The van der Waals surface area contributed by atoms with E-state index in [0.717, 1.165) is 30.7 Å². The number of hydrogen-bond acceptors (Lipinski definition) is 0. The molecule has 0 atom stereocenters. The molecular weight excluding hydrogens is 276 g/mol. The van der Waals surface area contributed by atoms with E-state index in [1.807, 2.05) is 0 Å². The molecule has 0 radical (unpaired) electrons. The summed E-state index contributed by atoms with van der Waals surface area (Å²) in [5.74, 6) is 0. The molecule has 0 aliphatic carbocycles. The van der Waals surface area contributed by atoms with Gasteiger partial charge in [-0.15, -0.1) is 0 Å². The van der Waals surface area contributed by atoms with Crippen LogP contribution < -0.4 is 0 Å². The Bertz CT molecular complexity index is 503. The van der Waals surface area contributed by atoms with E-state index in [4.69, 9.17) is 11.6 Å². The van der Waals surface area contributed by atoms with Crippen molar-refractivity contribution < 1.29 is 0 Å². The Morgan fingerprint density at radius 3 is 1.38 bits per heavy atom. The van der Waals surface area contributed by atoms with Crippen LogP contribution in [0.3, 0.4) is 0 Å². The standard InChI is InChI=1S/C10H13Cl.C10H14/c1-3-8-5-6-9(4-2)10(11)7-8;1-3-9-5-7-10(4-2)8-6-9/h5-7H,3-4H2,1-2H3;5-8H,3-4H2,1-2H3. The molecule has 0 N–H and O–H groups in total. The summed E-state index contributed by atoms with van der Waals surface area (Å²) in [6.07, 6.45) is 4.36. The lowest BCUT2D eigenvalue weighted by atomic mass is 10.1. The molecule has 0 unspecified atom stereocenters. The van der Waals surface area contributed by atoms with Crippen molar-refractivity contribution in [2.24, 2.45) is 0 Å².